The molecular weight excluding hydrogens is 131 g/mol. The second-order valence-corrected chi connectivity index (χ2v) is 2.20. The molecule has 0 bridgehead atoms. The molecular formula is C5H8F3N. The summed E-state index contributed by atoms with van der Waals surface area (Å²) >= 11 is 0. The molecule has 0 aromatic rings. The summed E-state index contributed by atoms with van der Waals surface area (Å²) in [5, 5.41) is 2.72. The Balaban J connectivity index is 2.23. The highest BCUT2D eigenvalue weighted by Gasteiger charge is 2.33. The van der Waals surface area contributed by atoms with Crippen LogP contribution in [0.15, 0.2) is 0 Å². The van der Waals surface area contributed by atoms with E-state index in [4.69, 9.17) is 0 Å². The highest BCUT2D eigenvalue weighted by molar-refractivity contribution is 4.82. The quantitative estimate of drug-likeness (QED) is 0.597. The van der Waals surface area contributed by atoms with Gasteiger partial charge in [0, 0.05) is 19.0 Å². The van der Waals surface area contributed by atoms with Crippen LogP contribution in [0.4, 0.5) is 13.2 Å². The molecule has 1 nitrogen and oxygen atoms in total. The first kappa shape index (κ1) is 6.86. The van der Waals surface area contributed by atoms with Gasteiger partial charge in [-0.05, 0) is 0 Å². The molecule has 1 heterocycles. The Labute approximate surface area is 51.2 Å². The molecule has 0 radical (unpaired) electrons. The van der Waals surface area contributed by atoms with E-state index in [1.54, 1.807) is 0 Å². The predicted molar refractivity (Wildman–Crippen MR) is 27.3 cm³/mol. The van der Waals surface area contributed by atoms with Crippen molar-refractivity contribution in [3.05, 3.63) is 0 Å². The van der Waals surface area contributed by atoms with Crippen molar-refractivity contribution in [2.45, 2.75) is 12.6 Å². The Kier molecular flexibility index (Phi) is 1.95. The highest BCUT2D eigenvalue weighted by Crippen LogP contribution is 2.18. The molecule has 0 amide bonds. The molecule has 1 aliphatic rings. The summed E-state index contributed by atoms with van der Waals surface area (Å²) in [5.41, 5.74) is 0. The van der Waals surface area contributed by atoms with E-state index in [1.807, 2.05) is 0 Å². The minimum Gasteiger partial charge on any atom is -0.316 e. The van der Waals surface area contributed by atoms with Crippen molar-refractivity contribution in [2.75, 3.05) is 13.1 Å². The number of nitrogens with one attached hydrogen (secondary N) is 1. The lowest BCUT2D eigenvalue weighted by Crippen LogP contribution is -2.49. The first-order chi connectivity index (χ1) is 4.22. The van der Waals surface area contributed by atoms with Gasteiger partial charge >= 0.3 is 0 Å². The third kappa shape index (κ3) is 1.36. The van der Waals surface area contributed by atoms with Crippen LogP contribution in [-0.4, -0.2) is 25.7 Å². The van der Waals surface area contributed by atoms with Crippen molar-refractivity contribution in [2.24, 2.45) is 5.92 Å². The molecule has 0 saturated carbocycles. The second-order valence-electron chi connectivity index (χ2n) is 2.20. The van der Waals surface area contributed by atoms with Crippen LogP contribution in [0.25, 0.3) is 0 Å². The molecule has 1 unspecified atom stereocenters. The van der Waals surface area contributed by atoms with Gasteiger partial charge in [0.1, 0.15) is 0 Å². The number of rotatable bonds is 2. The summed E-state index contributed by atoms with van der Waals surface area (Å²) in [7, 11) is 0. The van der Waals surface area contributed by atoms with E-state index < -0.39 is 18.5 Å². The van der Waals surface area contributed by atoms with Crippen LogP contribution >= 0.6 is 0 Å². The average molecular weight is 139 g/mol. The van der Waals surface area contributed by atoms with E-state index in [0.717, 1.165) is 0 Å². The van der Waals surface area contributed by atoms with Gasteiger partial charge in [0.05, 0.1) is 0 Å². The Morgan fingerprint density at radius 2 is 1.78 bits per heavy atom. The third-order valence-electron chi connectivity index (χ3n) is 1.50. The maximum absolute atomic E-state index is 12.2. The van der Waals surface area contributed by atoms with Crippen molar-refractivity contribution in [1.29, 1.82) is 0 Å². The van der Waals surface area contributed by atoms with E-state index in [-0.39, 0.29) is 0 Å². The molecule has 0 aromatic heterocycles. The molecule has 1 atom stereocenters. The van der Waals surface area contributed by atoms with E-state index in [9.17, 15) is 13.2 Å². The summed E-state index contributed by atoms with van der Waals surface area (Å²) in [4.78, 5) is 0. The van der Waals surface area contributed by atoms with Gasteiger partial charge in [0.15, 0.2) is 6.17 Å². The van der Waals surface area contributed by atoms with Crippen molar-refractivity contribution in [1.82, 2.24) is 5.32 Å². The number of alkyl halides is 3. The maximum Gasteiger partial charge on any atom is 0.269 e. The number of hydrogen-bond donors (Lipinski definition) is 1. The minimum absolute atomic E-state index is 0.394. The summed E-state index contributed by atoms with van der Waals surface area (Å²) in [5.74, 6) is -0.454. The molecule has 1 aliphatic heterocycles. The maximum atomic E-state index is 12.2. The molecule has 1 N–H and O–H groups in total. The molecule has 0 aliphatic carbocycles. The largest absolute Gasteiger partial charge is 0.316 e. The van der Waals surface area contributed by atoms with Gasteiger partial charge in [-0.25, -0.2) is 13.2 Å². The minimum atomic E-state index is -2.81. The normalized spacial score (nSPS) is 24.0. The Morgan fingerprint density at radius 3 is 1.89 bits per heavy atom. The van der Waals surface area contributed by atoms with Crippen molar-refractivity contribution >= 4 is 0 Å². The SMILES string of the molecule is FC(F)C(F)C1CNC1. The molecule has 1 rings (SSSR count). The van der Waals surface area contributed by atoms with E-state index >= 15 is 0 Å². The molecule has 0 spiro atoms. The van der Waals surface area contributed by atoms with Crippen LogP contribution in [-0.2, 0) is 0 Å². The van der Waals surface area contributed by atoms with Gasteiger partial charge in [0.25, 0.3) is 6.43 Å². The zero-order valence-corrected chi connectivity index (χ0v) is 4.78. The molecule has 0 aromatic carbocycles. The van der Waals surface area contributed by atoms with Gasteiger partial charge < -0.3 is 5.32 Å². The Bertz CT molecular complexity index is 92.2. The zero-order chi connectivity index (χ0) is 6.85. The van der Waals surface area contributed by atoms with Gasteiger partial charge in [0.2, 0.25) is 0 Å². The fourth-order valence-electron chi connectivity index (χ4n) is 0.742. The van der Waals surface area contributed by atoms with Gasteiger partial charge in [-0.2, -0.15) is 0 Å². The van der Waals surface area contributed by atoms with E-state index in [1.165, 1.54) is 0 Å². The molecule has 54 valence electrons. The standard InChI is InChI=1S/C5H8F3N/c6-4(5(7)8)3-1-9-2-3/h3-5,9H,1-2H2. The van der Waals surface area contributed by atoms with Gasteiger partial charge in [-0.1, -0.05) is 0 Å². The van der Waals surface area contributed by atoms with Gasteiger partial charge in [-0.15, -0.1) is 0 Å². The fourth-order valence-corrected chi connectivity index (χ4v) is 0.742. The van der Waals surface area contributed by atoms with Crippen LogP contribution in [0.3, 0.4) is 0 Å². The first-order valence-electron chi connectivity index (χ1n) is 2.84. The molecule has 9 heavy (non-hydrogen) atoms. The lowest BCUT2D eigenvalue weighted by Gasteiger charge is -2.29. The lowest BCUT2D eigenvalue weighted by atomic mass is 9.98. The summed E-state index contributed by atoms with van der Waals surface area (Å²) in [6, 6.07) is 0. The fraction of sp³-hybridized carbons (Fsp3) is 1.00. The molecule has 1 fully saturated rings. The van der Waals surface area contributed by atoms with E-state index in [0.29, 0.717) is 13.1 Å². The number of halogens is 3. The van der Waals surface area contributed by atoms with Crippen LogP contribution in [0.5, 0.6) is 0 Å². The van der Waals surface area contributed by atoms with Crippen molar-refractivity contribution < 1.29 is 13.2 Å². The third-order valence-corrected chi connectivity index (χ3v) is 1.50. The first-order valence-corrected chi connectivity index (χ1v) is 2.84. The summed E-state index contributed by atoms with van der Waals surface area (Å²) in [6.07, 6.45) is -4.73. The van der Waals surface area contributed by atoms with Crippen LogP contribution in [0.2, 0.25) is 0 Å². The predicted octanol–water partition coefficient (Wildman–Crippen LogP) is 0.809. The highest BCUT2D eigenvalue weighted by atomic mass is 19.3. The summed E-state index contributed by atoms with van der Waals surface area (Å²) in [6.45, 7) is 0.789. The second kappa shape index (κ2) is 2.56. The topological polar surface area (TPSA) is 12.0 Å². The lowest BCUT2D eigenvalue weighted by molar-refractivity contribution is 0.00155. The Hall–Kier alpha value is -0.250. The molecule has 1 saturated heterocycles. The monoisotopic (exact) mass is 139 g/mol. The average Bonchev–Trinajstić information content (AvgIpc) is 1.60. The van der Waals surface area contributed by atoms with Crippen LogP contribution in [0, 0.1) is 5.92 Å². The zero-order valence-electron chi connectivity index (χ0n) is 4.78. The van der Waals surface area contributed by atoms with Crippen LogP contribution in [0.1, 0.15) is 0 Å². The Morgan fingerprint density at radius 1 is 1.22 bits per heavy atom. The van der Waals surface area contributed by atoms with E-state index in [2.05, 4.69) is 5.32 Å². The van der Waals surface area contributed by atoms with Crippen LogP contribution < -0.4 is 5.32 Å². The van der Waals surface area contributed by atoms with Crippen molar-refractivity contribution in [3.63, 3.8) is 0 Å². The smallest absolute Gasteiger partial charge is 0.269 e. The van der Waals surface area contributed by atoms with Crippen molar-refractivity contribution in [3.8, 4) is 0 Å². The summed E-state index contributed by atoms with van der Waals surface area (Å²) < 4.78 is 35.2. The molecule has 4 heteroatoms. The van der Waals surface area contributed by atoms with Gasteiger partial charge in [-0.3, -0.25) is 0 Å². The number of hydrogen-bond acceptors (Lipinski definition) is 1.